The van der Waals surface area contributed by atoms with E-state index in [-0.39, 0.29) is 12.5 Å². The lowest BCUT2D eigenvalue weighted by molar-refractivity contribution is -0.116. The third-order valence-electron chi connectivity index (χ3n) is 4.49. The summed E-state index contributed by atoms with van der Waals surface area (Å²) in [5.41, 5.74) is 4.48. The van der Waals surface area contributed by atoms with E-state index in [1.54, 1.807) is 38.3 Å². The number of benzodiazepines with no additional fused rings is 1. The Morgan fingerprint density at radius 3 is 2.46 bits per heavy atom. The molecule has 1 aliphatic rings. The molecular formula is C20H19N3O3. The van der Waals surface area contributed by atoms with Crippen LogP contribution in [-0.4, -0.2) is 39.4 Å². The second-order valence-electron chi connectivity index (χ2n) is 5.98. The van der Waals surface area contributed by atoms with Gasteiger partial charge in [0.05, 0.1) is 37.3 Å². The van der Waals surface area contributed by atoms with Crippen molar-refractivity contribution in [1.29, 1.82) is 5.26 Å². The summed E-state index contributed by atoms with van der Waals surface area (Å²) in [7, 11) is 4.84. The molecule has 3 rings (SSSR count). The number of amides is 1. The van der Waals surface area contributed by atoms with E-state index in [2.05, 4.69) is 11.1 Å². The molecule has 0 unspecified atom stereocenters. The number of methoxy groups -OCH3 is 2. The van der Waals surface area contributed by atoms with E-state index in [0.29, 0.717) is 28.5 Å². The van der Waals surface area contributed by atoms with Gasteiger partial charge in [0.25, 0.3) is 0 Å². The van der Waals surface area contributed by atoms with Gasteiger partial charge in [-0.2, -0.15) is 5.26 Å². The predicted molar refractivity (Wildman–Crippen MR) is 99.4 cm³/mol. The molecule has 0 radical (unpaired) electrons. The Morgan fingerprint density at radius 2 is 1.85 bits per heavy atom. The van der Waals surface area contributed by atoms with Gasteiger partial charge in [0.1, 0.15) is 6.54 Å². The van der Waals surface area contributed by atoms with Gasteiger partial charge in [-0.3, -0.25) is 9.79 Å². The van der Waals surface area contributed by atoms with Crippen molar-refractivity contribution in [3.8, 4) is 17.6 Å². The summed E-state index contributed by atoms with van der Waals surface area (Å²) in [6.07, 6.45) is 0. The van der Waals surface area contributed by atoms with Gasteiger partial charge in [-0.05, 0) is 30.7 Å². The predicted octanol–water partition coefficient (Wildman–Crippen LogP) is 2.70. The fourth-order valence-corrected chi connectivity index (χ4v) is 2.99. The van der Waals surface area contributed by atoms with Crippen LogP contribution in [0.1, 0.15) is 22.3 Å². The lowest BCUT2D eigenvalue weighted by atomic mass is 9.96. The highest BCUT2D eigenvalue weighted by Gasteiger charge is 2.25. The Balaban J connectivity index is 2.25. The standard InChI is InChI=1S/C20H19N3O3/c1-12-7-13(5-6-14(12)10-21)20-15-8-17(25-3)18(26-4)9-16(15)23(2)19(24)11-22-20/h5-9H,11H2,1-4H3. The van der Waals surface area contributed by atoms with Gasteiger partial charge < -0.3 is 14.4 Å². The second-order valence-corrected chi connectivity index (χ2v) is 5.98. The lowest BCUT2D eigenvalue weighted by Gasteiger charge is -2.20. The third kappa shape index (κ3) is 2.88. The average Bonchev–Trinajstić information content (AvgIpc) is 2.77. The van der Waals surface area contributed by atoms with Crippen molar-refractivity contribution in [2.45, 2.75) is 6.92 Å². The molecule has 26 heavy (non-hydrogen) atoms. The first-order valence-electron chi connectivity index (χ1n) is 8.08. The zero-order valence-corrected chi connectivity index (χ0v) is 15.2. The highest BCUT2D eigenvalue weighted by molar-refractivity contribution is 6.20. The highest BCUT2D eigenvalue weighted by atomic mass is 16.5. The van der Waals surface area contributed by atoms with Crippen molar-refractivity contribution in [2.75, 3.05) is 32.7 Å². The summed E-state index contributed by atoms with van der Waals surface area (Å²) in [5.74, 6) is 0.995. The lowest BCUT2D eigenvalue weighted by Crippen LogP contribution is -2.27. The van der Waals surface area contributed by atoms with Crippen LogP contribution in [0.5, 0.6) is 11.5 Å². The molecule has 132 valence electrons. The number of aryl methyl sites for hydroxylation is 1. The van der Waals surface area contributed by atoms with Crippen LogP contribution in [-0.2, 0) is 4.79 Å². The maximum absolute atomic E-state index is 12.4. The molecule has 2 aromatic carbocycles. The second kappa shape index (κ2) is 6.89. The van der Waals surface area contributed by atoms with E-state index in [0.717, 1.165) is 16.7 Å². The van der Waals surface area contributed by atoms with E-state index in [1.807, 2.05) is 25.1 Å². The van der Waals surface area contributed by atoms with Gasteiger partial charge in [0.2, 0.25) is 5.91 Å². The minimum atomic E-state index is -0.112. The van der Waals surface area contributed by atoms with Crippen LogP contribution in [0.4, 0.5) is 5.69 Å². The Hall–Kier alpha value is -3.33. The van der Waals surface area contributed by atoms with Crippen molar-refractivity contribution >= 4 is 17.3 Å². The molecule has 0 N–H and O–H groups in total. The summed E-state index contributed by atoms with van der Waals surface area (Å²) in [6, 6.07) is 11.3. The smallest absolute Gasteiger partial charge is 0.248 e. The van der Waals surface area contributed by atoms with E-state index >= 15 is 0 Å². The molecule has 2 aromatic rings. The number of hydrogen-bond acceptors (Lipinski definition) is 5. The fraction of sp³-hybridized carbons (Fsp3) is 0.250. The number of nitriles is 1. The summed E-state index contributed by atoms with van der Waals surface area (Å²) >= 11 is 0. The molecule has 1 amide bonds. The van der Waals surface area contributed by atoms with E-state index < -0.39 is 0 Å². The number of fused-ring (bicyclic) bond motifs is 1. The zero-order valence-electron chi connectivity index (χ0n) is 15.2. The van der Waals surface area contributed by atoms with E-state index in [1.165, 1.54) is 0 Å². The minimum Gasteiger partial charge on any atom is -0.493 e. The number of rotatable bonds is 3. The first kappa shape index (κ1) is 17.5. The molecule has 6 heteroatoms. The van der Waals surface area contributed by atoms with Crippen molar-refractivity contribution in [3.05, 3.63) is 52.6 Å². The van der Waals surface area contributed by atoms with Crippen molar-refractivity contribution in [2.24, 2.45) is 4.99 Å². The molecule has 0 saturated heterocycles. The molecule has 0 aliphatic carbocycles. The van der Waals surface area contributed by atoms with E-state index in [9.17, 15) is 4.79 Å². The molecule has 0 saturated carbocycles. The average molecular weight is 349 g/mol. The van der Waals surface area contributed by atoms with E-state index in [4.69, 9.17) is 14.7 Å². The number of hydrogen-bond donors (Lipinski definition) is 0. The number of likely N-dealkylation sites (N-methyl/N-ethyl adjacent to an activating group) is 1. The van der Waals surface area contributed by atoms with Crippen LogP contribution in [0.15, 0.2) is 35.3 Å². The number of aliphatic imine (C=N–C) groups is 1. The van der Waals surface area contributed by atoms with Gasteiger partial charge in [-0.15, -0.1) is 0 Å². The monoisotopic (exact) mass is 349 g/mol. The molecule has 0 aromatic heterocycles. The quantitative estimate of drug-likeness (QED) is 0.854. The Labute approximate surface area is 152 Å². The van der Waals surface area contributed by atoms with Crippen molar-refractivity contribution in [3.63, 3.8) is 0 Å². The minimum absolute atomic E-state index is 0.0458. The van der Waals surface area contributed by atoms with Gasteiger partial charge in [-0.1, -0.05) is 6.07 Å². The van der Waals surface area contributed by atoms with Crippen LogP contribution in [0.3, 0.4) is 0 Å². The number of nitrogens with zero attached hydrogens (tertiary/aromatic N) is 3. The fourth-order valence-electron chi connectivity index (χ4n) is 2.99. The highest BCUT2D eigenvalue weighted by Crippen LogP contribution is 2.37. The first-order valence-corrected chi connectivity index (χ1v) is 8.08. The Bertz CT molecular complexity index is 958. The zero-order chi connectivity index (χ0) is 18.8. The molecule has 0 spiro atoms. The van der Waals surface area contributed by atoms with Crippen molar-refractivity contribution in [1.82, 2.24) is 0 Å². The normalized spacial score (nSPS) is 13.4. The topological polar surface area (TPSA) is 74.9 Å². The van der Waals surface area contributed by atoms with Gasteiger partial charge >= 0.3 is 0 Å². The van der Waals surface area contributed by atoms with Gasteiger partial charge in [-0.25, -0.2) is 0 Å². The van der Waals surface area contributed by atoms with Gasteiger partial charge in [0, 0.05) is 24.2 Å². The number of ether oxygens (including phenoxy) is 2. The maximum atomic E-state index is 12.4. The van der Waals surface area contributed by atoms with Crippen LogP contribution in [0.25, 0.3) is 0 Å². The SMILES string of the molecule is COc1cc2c(cc1OC)N(C)C(=O)CN=C2c1ccc(C#N)c(C)c1. The molecule has 0 fully saturated rings. The molecule has 1 aliphatic heterocycles. The Morgan fingerprint density at radius 1 is 1.15 bits per heavy atom. The van der Waals surface area contributed by atoms with Crippen LogP contribution in [0.2, 0.25) is 0 Å². The Kier molecular flexibility index (Phi) is 4.63. The molecule has 6 nitrogen and oxygen atoms in total. The van der Waals surface area contributed by atoms with Crippen molar-refractivity contribution < 1.29 is 14.3 Å². The molecule has 0 atom stereocenters. The number of benzene rings is 2. The van der Waals surface area contributed by atoms with Crippen LogP contribution < -0.4 is 14.4 Å². The summed E-state index contributed by atoms with van der Waals surface area (Å²) < 4.78 is 10.8. The number of anilines is 1. The summed E-state index contributed by atoms with van der Waals surface area (Å²) in [6.45, 7) is 1.93. The summed E-state index contributed by atoms with van der Waals surface area (Å²) in [4.78, 5) is 18.5. The number of carbonyl (C=O) groups excluding carboxylic acids is 1. The molecule has 0 bridgehead atoms. The van der Waals surface area contributed by atoms with Crippen LogP contribution in [0, 0.1) is 18.3 Å². The third-order valence-corrected chi connectivity index (χ3v) is 4.49. The maximum Gasteiger partial charge on any atom is 0.248 e. The molecular weight excluding hydrogens is 330 g/mol. The largest absolute Gasteiger partial charge is 0.493 e. The number of carbonyl (C=O) groups is 1. The van der Waals surface area contributed by atoms with Crippen LogP contribution >= 0.6 is 0 Å². The van der Waals surface area contributed by atoms with Gasteiger partial charge in [0.15, 0.2) is 11.5 Å². The molecule has 1 heterocycles. The first-order chi connectivity index (χ1) is 12.5. The summed E-state index contributed by atoms with van der Waals surface area (Å²) in [5, 5.41) is 9.16.